The summed E-state index contributed by atoms with van der Waals surface area (Å²) in [6.45, 7) is 6.55. The van der Waals surface area contributed by atoms with Crippen molar-refractivity contribution in [2.75, 3.05) is 7.11 Å². The summed E-state index contributed by atoms with van der Waals surface area (Å²) in [5.41, 5.74) is 2.63. The van der Waals surface area contributed by atoms with Crippen molar-refractivity contribution in [2.45, 2.75) is 33.1 Å². The van der Waals surface area contributed by atoms with Gasteiger partial charge < -0.3 is 4.74 Å². The van der Waals surface area contributed by atoms with Crippen LogP contribution < -0.4 is 4.74 Å². The van der Waals surface area contributed by atoms with E-state index in [0.717, 1.165) is 5.75 Å². The molecule has 0 aliphatic rings. The third-order valence-corrected chi connectivity index (χ3v) is 2.60. The standard InChI is InChI=1S/C12H18O/c1-5-9(2)11-6-7-12(13-4)10(3)8-11/h6-9H,5H2,1-4H3. The van der Waals surface area contributed by atoms with E-state index in [2.05, 4.69) is 39.0 Å². The summed E-state index contributed by atoms with van der Waals surface area (Å²) >= 11 is 0. The van der Waals surface area contributed by atoms with E-state index in [9.17, 15) is 0 Å². The number of hydrogen-bond donors (Lipinski definition) is 0. The fraction of sp³-hybridized carbons (Fsp3) is 0.500. The topological polar surface area (TPSA) is 9.23 Å². The molecular formula is C12H18O. The van der Waals surface area contributed by atoms with Crippen LogP contribution in [0.2, 0.25) is 0 Å². The van der Waals surface area contributed by atoms with Gasteiger partial charge in [-0.2, -0.15) is 0 Å². The molecule has 1 atom stereocenters. The Kier molecular flexibility index (Phi) is 3.35. The number of rotatable bonds is 3. The molecule has 1 rings (SSSR count). The van der Waals surface area contributed by atoms with Crippen LogP contribution in [0.5, 0.6) is 5.75 Å². The highest BCUT2D eigenvalue weighted by Crippen LogP contribution is 2.24. The van der Waals surface area contributed by atoms with Gasteiger partial charge in [-0.15, -0.1) is 0 Å². The molecule has 0 saturated carbocycles. The first-order chi connectivity index (χ1) is 6.19. The predicted molar refractivity (Wildman–Crippen MR) is 56.4 cm³/mol. The van der Waals surface area contributed by atoms with Crippen LogP contribution in [0.25, 0.3) is 0 Å². The number of methoxy groups -OCH3 is 1. The molecule has 0 bridgehead atoms. The minimum absolute atomic E-state index is 0.643. The minimum atomic E-state index is 0.643. The fourth-order valence-electron chi connectivity index (χ4n) is 1.44. The average Bonchev–Trinajstić information content (AvgIpc) is 2.16. The highest BCUT2D eigenvalue weighted by Gasteiger charge is 2.04. The summed E-state index contributed by atoms with van der Waals surface area (Å²) in [5, 5.41) is 0. The minimum Gasteiger partial charge on any atom is -0.496 e. The normalized spacial score (nSPS) is 12.6. The van der Waals surface area contributed by atoms with Crippen molar-refractivity contribution in [1.29, 1.82) is 0 Å². The molecule has 0 saturated heterocycles. The Labute approximate surface area is 80.7 Å². The Balaban J connectivity index is 2.95. The molecule has 1 nitrogen and oxygen atoms in total. The molecule has 1 unspecified atom stereocenters. The average molecular weight is 178 g/mol. The third-order valence-electron chi connectivity index (χ3n) is 2.60. The molecule has 0 amide bonds. The van der Waals surface area contributed by atoms with E-state index < -0.39 is 0 Å². The molecule has 0 fully saturated rings. The van der Waals surface area contributed by atoms with Crippen molar-refractivity contribution in [1.82, 2.24) is 0 Å². The van der Waals surface area contributed by atoms with Crippen LogP contribution in [0.4, 0.5) is 0 Å². The Morgan fingerprint density at radius 2 is 2.08 bits per heavy atom. The van der Waals surface area contributed by atoms with Crippen LogP contribution in [0.3, 0.4) is 0 Å². The van der Waals surface area contributed by atoms with E-state index in [4.69, 9.17) is 4.74 Å². The van der Waals surface area contributed by atoms with E-state index in [1.54, 1.807) is 7.11 Å². The SMILES string of the molecule is CCC(C)c1ccc(OC)c(C)c1. The van der Waals surface area contributed by atoms with Gasteiger partial charge in [-0.1, -0.05) is 26.0 Å². The molecule has 13 heavy (non-hydrogen) atoms. The second-order valence-corrected chi connectivity index (χ2v) is 3.54. The first-order valence-electron chi connectivity index (χ1n) is 4.83. The van der Waals surface area contributed by atoms with Gasteiger partial charge in [0.15, 0.2) is 0 Å². The van der Waals surface area contributed by atoms with Crippen LogP contribution in [0.15, 0.2) is 18.2 Å². The summed E-state index contributed by atoms with van der Waals surface area (Å²) < 4.78 is 5.21. The summed E-state index contributed by atoms with van der Waals surface area (Å²) in [6.07, 6.45) is 1.19. The maximum Gasteiger partial charge on any atom is 0.121 e. The van der Waals surface area contributed by atoms with Crippen LogP contribution in [0, 0.1) is 6.92 Å². The Morgan fingerprint density at radius 1 is 1.38 bits per heavy atom. The first-order valence-corrected chi connectivity index (χ1v) is 4.83. The second kappa shape index (κ2) is 4.31. The predicted octanol–water partition coefficient (Wildman–Crippen LogP) is 3.52. The summed E-state index contributed by atoms with van der Waals surface area (Å²) in [5.74, 6) is 1.62. The molecule has 72 valence electrons. The van der Waals surface area contributed by atoms with Crippen molar-refractivity contribution in [3.63, 3.8) is 0 Å². The first kappa shape index (κ1) is 10.1. The number of hydrogen-bond acceptors (Lipinski definition) is 1. The van der Waals surface area contributed by atoms with Gasteiger partial charge >= 0.3 is 0 Å². The summed E-state index contributed by atoms with van der Waals surface area (Å²) in [6, 6.07) is 6.42. The molecule has 0 aromatic heterocycles. The lowest BCUT2D eigenvalue weighted by molar-refractivity contribution is 0.411. The fourth-order valence-corrected chi connectivity index (χ4v) is 1.44. The van der Waals surface area contributed by atoms with Gasteiger partial charge in [0.05, 0.1) is 7.11 Å². The second-order valence-electron chi connectivity index (χ2n) is 3.54. The molecule has 1 aromatic carbocycles. The maximum absolute atomic E-state index is 5.21. The van der Waals surface area contributed by atoms with Crippen molar-refractivity contribution >= 4 is 0 Å². The molecular weight excluding hydrogens is 160 g/mol. The van der Waals surface area contributed by atoms with Crippen molar-refractivity contribution in [2.24, 2.45) is 0 Å². The van der Waals surface area contributed by atoms with Gasteiger partial charge in [0.1, 0.15) is 5.75 Å². The lowest BCUT2D eigenvalue weighted by atomic mass is 9.97. The van der Waals surface area contributed by atoms with Crippen molar-refractivity contribution in [3.05, 3.63) is 29.3 Å². The highest BCUT2D eigenvalue weighted by atomic mass is 16.5. The zero-order chi connectivity index (χ0) is 9.84. The molecule has 0 N–H and O–H groups in total. The lowest BCUT2D eigenvalue weighted by Gasteiger charge is -2.11. The largest absolute Gasteiger partial charge is 0.496 e. The highest BCUT2D eigenvalue weighted by molar-refractivity contribution is 5.37. The zero-order valence-electron chi connectivity index (χ0n) is 8.92. The van der Waals surface area contributed by atoms with E-state index in [1.807, 2.05) is 0 Å². The lowest BCUT2D eigenvalue weighted by Crippen LogP contribution is -1.93. The monoisotopic (exact) mass is 178 g/mol. The number of aryl methyl sites for hydroxylation is 1. The van der Waals surface area contributed by atoms with E-state index in [0.29, 0.717) is 5.92 Å². The zero-order valence-corrected chi connectivity index (χ0v) is 8.92. The van der Waals surface area contributed by atoms with Crippen LogP contribution in [-0.4, -0.2) is 7.11 Å². The summed E-state index contributed by atoms with van der Waals surface area (Å²) in [7, 11) is 1.71. The number of ether oxygens (including phenoxy) is 1. The quantitative estimate of drug-likeness (QED) is 0.688. The van der Waals surface area contributed by atoms with Crippen LogP contribution in [0.1, 0.15) is 37.3 Å². The van der Waals surface area contributed by atoms with Gasteiger partial charge in [0.2, 0.25) is 0 Å². The van der Waals surface area contributed by atoms with Crippen molar-refractivity contribution < 1.29 is 4.74 Å². The van der Waals surface area contributed by atoms with Crippen LogP contribution in [-0.2, 0) is 0 Å². The molecule has 0 aliphatic heterocycles. The Morgan fingerprint density at radius 3 is 2.54 bits per heavy atom. The van der Waals surface area contributed by atoms with Crippen molar-refractivity contribution in [3.8, 4) is 5.75 Å². The van der Waals surface area contributed by atoms with Gasteiger partial charge in [-0.3, -0.25) is 0 Å². The molecule has 0 heterocycles. The molecule has 1 aromatic rings. The molecule has 0 aliphatic carbocycles. The van der Waals surface area contributed by atoms with Crippen LogP contribution >= 0.6 is 0 Å². The van der Waals surface area contributed by atoms with E-state index in [-0.39, 0.29) is 0 Å². The molecule has 0 radical (unpaired) electrons. The molecule has 1 heteroatoms. The number of benzene rings is 1. The van der Waals surface area contributed by atoms with E-state index in [1.165, 1.54) is 17.5 Å². The van der Waals surface area contributed by atoms with E-state index >= 15 is 0 Å². The van der Waals surface area contributed by atoms with Gasteiger partial charge in [0, 0.05) is 0 Å². The van der Waals surface area contributed by atoms with Gasteiger partial charge in [-0.05, 0) is 36.5 Å². The Bertz CT molecular complexity index is 278. The Hall–Kier alpha value is -0.980. The summed E-state index contributed by atoms with van der Waals surface area (Å²) in [4.78, 5) is 0. The molecule has 0 spiro atoms. The van der Waals surface area contributed by atoms with Gasteiger partial charge in [-0.25, -0.2) is 0 Å². The third kappa shape index (κ3) is 2.24. The smallest absolute Gasteiger partial charge is 0.121 e. The van der Waals surface area contributed by atoms with Gasteiger partial charge in [0.25, 0.3) is 0 Å². The maximum atomic E-state index is 5.21.